The number of para-hydroxylation sites is 2. The first-order valence-electron chi connectivity index (χ1n) is 10.9. The van der Waals surface area contributed by atoms with Crippen LogP contribution in [0.25, 0.3) is 0 Å². The molecule has 1 aliphatic heterocycles. The quantitative estimate of drug-likeness (QED) is 0.123. The van der Waals surface area contributed by atoms with Gasteiger partial charge in [0, 0.05) is 13.0 Å². The summed E-state index contributed by atoms with van der Waals surface area (Å²) < 4.78 is 16.8. The highest BCUT2D eigenvalue weighted by Crippen LogP contribution is 2.30. The Morgan fingerprint density at radius 3 is 2.28 bits per heavy atom. The van der Waals surface area contributed by atoms with Crippen LogP contribution in [-0.2, 0) is 16.0 Å². The van der Waals surface area contributed by atoms with E-state index in [0.717, 1.165) is 35.8 Å². The fraction of sp³-hybridized carbons (Fsp3) is 0.348. The second kappa shape index (κ2) is 16.3. The van der Waals surface area contributed by atoms with Gasteiger partial charge in [0.2, 0.25) is 5.96 Å². The molecule has 2 aromatic rings. The van der Waals surface area contributed by atoms with Crippen LogP contribution in [0.5, 0.6) is 11.5 Å². The van der Waals surface area contributed by atoms with E-state index in [1.807, 2.05) is 42.5 Å². The lowest BCUT2D eigenvalue weighted by atomic mass is 10.1. The molecule has 0 aromatic heterocycles. The van der Waals surface area contributed by atoms with Gasteiger partial charge in [-0.25, -0.2) is 9.59 Å². The number of anilines is 1. The summed E-state index contributed by atoms with van der Waals surface area (Å²) in [6.45, 7) is 5.02. The molecular weight excluding hydrogens is 474 g/mol. The van der Waals surface area contributed by atoms with Crippen LogP contribution in [0.15, 0.2) is 53.6 Å². The van der Waals surface area contributed by atoms with Gasteiger partial charge in [0.15, 0.2) is 6.10 Å². The maximum atomic E-state index is 11.2. The normalized spacial score (nSPS) is 12.2. The second-order valence-electron chi connectivity index (χ2n) is 7.12. The van der Waals surface area contributed by atoms with Crippen molar-refractivity contribution in [2.45, 2.75) is 19.4 Å². The lowest BCUT2D eigenvalue weighted by Gasteiger charge is -2.31. The highest BCUT2D eigenvalue weighted by atomic mass is 16.6. The highest BCUT2D eigenvalue weighted by Gasteiger charge is 2.18. The molecule has 198 valence electrons. The third-order valence-electron chi connectivity index (χ3n) is 4.59. The average molecular weight is 508 g/mol. The predicted octanol–water partition coefficient (Wildman–Crippen LogP) is 1.35. The van der Waals surface area contributed by atoms with Crippen LogP contribution in [0.2, 0.25) is 0 Å². The maximum absolute atomic E-state index is 11.2. The van der Waals surface area contributed by atoms with Crippen molar-refractivity contribution >= 4 is 23.8 Å². The smallest absolute Gasteiger partial charge is 0.492 e. The van der Waals surface area contributed by atoms with Gasteiger partial charge in [-0.2, -0.15) is 0 Å². The molecule has 0 amide bonds. The summed E-state index contributed by atoms with van der Waals surface area (Å²) in [5.41, 5.74) is 11.4. The van der Waals surface area contributed by atoms with Gasteiger partial charge < -0.3 is 51.7 Å². The van der Waals surface area contributed by atoms with Crippen LogP contribution in [0.4, 0.5) is 10.5 Å². The molecule has 9 N–H and O–H groups in total. The Labute approximate surface area is 208 Å². The summed E-state index contributed by atoms with van der Waals surface area (Å²) in [7, 11) is 0. The fourth-order valence-electron chi connectivity index (χ4n) is 3.09. The van der Waals surface area contributed by atoms with Gasteiger partial charge >= 0.3 is 12.1 Å². The standard InChI is InChI=1S/C21H25NO5.CH6N4.CH2O3/c1-2-25-20(21(23)24)15-16-7-9-17(10-8-16)26-13-11-22-12-14-27-19-6-4-3-5-18(19)22;2-1(3)5-4;2-1(3)4/h3-10,20H,2,11-15H2,1H3,(H,23,24);4H2,(H4,2,3,5);(H2,2,3,4). The highest BCUT2D eigenvalue weighted by molar-refractivity contribution is 5.75. The van der Waals surface area contributed by atoms with Gasteiger partial charge in [-0.1, -0.05) is 24.3 Å². The Morgan fingerprint density at radius 2 is 1.72 bits per heavy atom. The zero-order valence-electron chi connectivity index (χ0n) is 19.9. The molecule has 1 unspecified atom stereocenters. The van der Waals surface area contributed by atoms with E-state index >= 15 is 0 Å². The number of nitrogens with zero attached hydrogens (tertiary/aromatic N) is 2. The Hall–Kier alpha value is -4.39. The number of hydrogen-bond donors (Lipinski definition) is 6. The minimum absolute atomic E-state index is 0.0926. The Balaban J connectivity index is 0.000000620. The Kier molecular flexibility index (Phi) is 13.4. The van der Waals surface area contributed by atoms with E-state index in [0.29, 0.717) is 26.2 Å². The number of carboxylic acid groups (broad SMARTS) is 3. The number of carboxylic acids is 1. The van der Waals surface area contributed by atoms with Gasteiger partial charge in [-0.15, -0.1) is 5.10 Å². The summed E-state index contributed by atoms with van der Waals surface area (Å²) in [5, 5.41) is 26.0. The van der Waals surface area contributed by atoms with Crippen molar-refractivity contribution in [1.82, 2.24) is 0 Å². The van der Waals surface area contributed by atoms with Gasteiger partial charge in [0.25, 0.3) is 0 Å². The van der Waals surface area contributed by atoms with E-state index in [1.165, 1.54) is 0 Å². The molecule has 13 heteroatoms. The molecule has 0 radical (unpaired) electrons. The molecule has 3 rings (SSSR count). The third-order valence-corrected chi connectivity index (χ3v) is 4.59. The average Bonchev–Trinajstić information content (AvgIpc) is 2.85. The summed E-state index contributed by atoms with van der Waals surface area (Å²) in [6, 6.07) is 15.5. The van der Waals surface area contributed by atoms with Crippen LogP contribution >= 0.6 is 0 Å². The van der Waals surface area contributed by atoms with Crippen molar-refractivity contribution in [3.8, 4) is 11.5 Å². The van der Waals surface area contributed by atoms with Gasteiger partial charge in [-0.05, 0) is 36.8 Å². The molecule has 0 fully saturated rings. The van der Waals surface area contributed by atoms with Gasteiger partial charge in [0.1, 0.15) is 24.7 Å². The topological polar surface area (TPSA) is 216 Å². The Morgan fingerprint density at radius 1 is 1.11 bits per heavy atom. The second-order valence-corrected chi connectivity index (χ2v) is 7.12. The van der Waals surface area contributed by atoms with Crippen molar-refractivity contribution in [1.29, 1.82) is 0 Å². The van der Waals surface area contributed by atoms with Crippen LogP contribution in [0.1, 0.15) is 12.5 Å². The van der Waals surface area contributed by atoms with Gasteiger partial charge in [0.05, 0.1) is 18.8 Å². The zero-order chi connectivity index (χ0) is 26.9. The number of rotatable bonds is 9. The van der Waals surface area contributed by atoms with Crippen molar-refractivity contribution < 1.29 is 39.1 Å². The lowest BCUT2D eigenvalue weighted by Crippen LogP contribution is -2.35. The van der Waals surface area contributed by atoms with Crippen LogP contribution in [0, 0.1) is 0 Å². The Bertz CT molecular complexity index is 963. The summed E-state index contributed by atoms with van der Waals surface area (Å²) in [4.78, 5) is 22.0. The SMILES string of the molecule is CCOC(Cc1ccc(OCCN2CCOc3ccccc32)cc1)C(=O)O.NN=C(N)N.O=C(O)O. The minimum Gasteiger partial charge on any atom is -0.492 e. The number of guanidine groups is 1. The largest absolute Gasteiger partial charge is 0.503 e. The molecule has 0 saturated heterocycles. The van der Waals surface area contributed by atoms with Crippen molar-refractivity contribution in [3.63, 3.8) is 0 Å². The van der Waals surface area contributed by atoms with E-state index in [9.17, 15) is 4.79 Å². The lowest BCUT2D eigenvalue weighted by molar-refractivity contribution is -0.149. The number of ether oxygens (including phenoxy) is 3. The first kappa shape index (κ1) is 29.6. The molecule has 13 nitrogen and oxygen atoms in total. The molecule has 1 heterocycles. The number of benzene rings is 2. The molecule has 0 bridgehead atoms. The predicted molar refractivity (Wildman–Crippen MR) is 133 cm³/mol. The van der Waals surface area contributed by atoms with Gasteiger partial charge in [-0.3, -0.25) is 0 Å². The van der Waals surface area contributed by atoms with E-state index in [-0.39, 0.29) is 5.96 Å². The number of hydrazone groups is 1. The molecular formula is C23H33N5O8. The van der Waals surface area contributed by atoms with Crippen molar-refractivity contribution in [2.24, 2.45) is 22.4 Å². The monoisotopic (exact) mass is 507 g/mol. The molecule has 1 atom stereocenters. The maximum Gasteiger partial charge on any atom is 0.503 e. The first-order chi connectivity index (χ1) is 17.2. The van der Waals surface area contributed by atoms with Crippen molar-refractivity contribution in [3.05, 3.63) is 54.1 Å². The number of hydrogen-bond acceptors (Lipinski definition) is 8. The molecule has 1 aliphatic rings. The molecule has 36 heavy (non-hydrogen) atoms. The third kappa shape index (κ3) is 11.7. The fourth-order valence-corrected chi connectivity index (χ4v) is 3.09. The summed E-state index contributed by atoms with van der Waals surface area (Å²) in [5.74, 6) is 5.15. The molecule has 2 aromatic carbocycles. The minimum atomic E-state index is -1.83. The summed E-state index contributed by atoms with van der Waals surface area (Å²) >= 11 is 0. The van der Waals surface area contributed by atoms with Crippen LogP contribution in [-0.4, -0.2) is 72.4 Å². The first-order valence-corrected chi connectivity index (χ1v) is 10.9. The zero-order valence-corrected chi connectivity index (χ0v) is 19.9. The number of aliphatic carboxylic acids is 1. The van der Waals surface area contributed by atoms with E-state index in [2.05, 4.69) is 21.9 Å². The van der Waals surface area contributed by atoms with E-state index < -0.39 is 18.2 Å². The van der Waals surface area contributed by atoms with Crippen LogP contribution in [0.3, 0.4) is 0 Å². The van der Waals surface area contributed by atoms with Crippen molar-refractivity contribution in [2.75, 3.05) is 37.8 Å². The summed E-state index contributed by atoms with van der Waals surface area (Å²) in [6.07, 6.45) is -2.31. The molecule has 0 aliphatic carbocycles. The van der Waals surface area contributed by atoms with E-state index in [4.69, 9.17) is 45.8 Å². The number of fused-ring (bicyclic) bond motifs is 1. The number of nitrogens with two attached hydrogens (primary N) is 3. The van der Waals surface area contributed by atoms with Crippen LogP contribution < -0.4 is 31.7 Å². The molecule has 0 saturated carbocycles. The number of carbonyl (C=O) groups is 2. The van der Waals surface area contributed by atoms with E-state index in [1.54, 1.807) is 6.92 Å². The molecule has 0 spiro atoms.